The van der Waals surface area contributed by atoms with Crippen LogP contribution in [0.5, 0.6) is 0 Å². The summed E-state index contributed by atoms with van der Waals surface area (Å²) < 4.78 is 5.15. The summed E-state index contributed by atoms with van der Waals surface area (Å²) in [4.78, 5) is 13.1. The second-order valence-electron chi connectivity index (χ2n) is 3.88. The molecular formula is C11H21NO2. The average Bonchev–Trinajstić information content (AvgIpc) is 2.02. The summed E-state index contributed by atoms with van der Waals surface area (Å²) in [6.45, 7) is 13.6. The fourth-order valence-electron chi connectivity index (χ4n) is 1.71. The van der Waals surface area contributed by atoms with E-state index in [1.54, 1.807) is 0 Å². The van der Waals surface area contributed by atoms with Gasteiger partial charge in [0.15, 0.2) is 6.23 Å². The molecule has 0 bridgehead atoms. The molecule has 82 valence electrons. The van der Waals surface area contributed by atoms with Crippen molar-refractivity contribution in [2.45, 2.75) is 52.9 Å². The van der Waals surface area contributed by atoms with E-state index in [0.717, 1.165) is 0 Å². The van der Waals surface area contributed by atoms with Gasteiger partial charge in [-0.2, -0.15) is 0 Å². The third kappa shape index (κ3) is 3.92. The maximum Gasteiger partial charge on any atom is 0.331 e. The molecule has 0 aliphatic heterocycles. The Morgan fingerprint density at radius 3 is 1.93 bits per heavy atom. The van der Waals surface area contributed by atoms with E-state index < -0.39 is 0 Å². The Morgan fingerprint density at radius 1 is 1.21 bits per heavy atom. The van der Waals surface area contributed by atoms with Gasteiger partial charge in [-0.1, -0.05) is 6.58 Å². The van der Waals surface area contributed by atoms with Crippen LogP contribution in [0.15, 0.2) is 12.7 Å². The van der Waals surface area contributed by atoms with Crippen LogP contribution in [0.25, 0.3) is 0 Å². The molecule has 0 saturated heterocycles. The third-order valence-electron chi connectivity index (χ3n) is 2.07. The quantitative estimate of drug-likeness (QED) is 0.386. The van der Waals surface area contributed by atoms with Gasteiger partial charge in [-0.3, -0.25) is 4.90 Å². The maximum absolute atomic E-state index is 11.0. The zero-order chi connectivity index (χ0) is 11.3. The molecule has 0 fully saturated rings. The Hall–Kier alpha value is -0.830. The number of ether oxygens (including phenoxy) is 1. The lowest BCUT2D eigenvalue weighted by Crippen LogP contribution is -2.45. The van der Waals surface area contributed by atoms with Gasteiger partial charge in [0.2, 0.25) is 0 Å². The van der Waals surface area contributed by atoms with Gasteiger partial charge in [-0.25, -0.2) is 4.79 Å². The van der Waals surface area contributed by atoms with Crippen LogP contribution in [0.3, 0.4) is 0 Å². The molecule has 0 aliphatic carbocycles. The van der Waals surface area contributed by atoms with Gasteiger partial charge in [0.05, 0.1) is 0 Å². The first-order valence-corrected chi connectivity index (χ1v) is 5.00. The van der Waals surface area contributed by atoms with Crippen LogP contribution in [0.4, 0.5) is 0 Å². The van der Waals surface area contributed by atoms with Gasteiger partial charge in [-0.15, -0.1) is 0 Å². The largest absolute Gasteiger partial charge is 0.443 e. The molecule has 0 rings (SSSR count). The summed E-state index contributed by atoms with van der Waals surface area (Å²) in [5.74, 6) is -0.371. The first-order valence-electron chi connectivity index (χ1n) is 5.00. The zero-order valence-corrected chi connectivity index (χ0v) is 9.78. The van der Waals surface area contributed by atoms with E-state index in [2.05, 4.69) is 39.2 Å². The minimum atomic E-state index is -0.371. The predicted molar refractivity (Wildman–Crippen MR) is 57.9 cm³/mol. The van der Waals surface area contributed by atoms with E-state index in [9.17, 15) is 4.79 Å². The number of esters is 1. The summed E-state index contributed by atoms with van der Waals surface area (Å²) >= 11 is 0. The molecule has 0 radical (unpaired) electrons. The Labute approximate surface area is 86.7 Å². The summed E-state index contributed by atoms with van der Waals surface area (Å²) in [6, 6.07) is 0.699. The summed E-state index contributed by atoms with van der Waals surface area (Å²) in [7, 11) is 0. The SMILES string of the molecule is C=CC(=O)OC(C)N(C(C)C)C(C)C. The fourth-order valence-corrected chi connectivity index (χ4v) is 1.71. The summed E-state index contributed by atoms with van der Waals surface area (Å²) in [5, 5.41) is 0. The molecule has 0 aromatic rings. The van der Waals surface area contributed by atoms with E-state index >= 15 is 0 Å². The lowest BCUT2D eigenvalue weighted by Gasteiger charge is -2.35. The molecule has 0 spiro atoms. The topological polar surface area (TPSA) is 29.5 Å². The standard InChI is InChI=1S/C11H21NO2/c1-7-11(13)14-10(6)12(8(2)3)9(4)5/h7-10H,1H2,2-6H3. The van der Waals surface area contributed by atoms with Crippen LogP contribution in [-0.2, 0) is 9.53 Å². The van der Waals surface area contributed by atoms with Crippen LogP contribution in [0.2, 0.25) is 0 Å². The minimum absolute atomic E-state index is 0.208. The summed E-state index contributed by atoms with van der Waals surface area (Å²) in [5.41, 5.74) is 0. The van der Waals surface area contributed by atoms with Crippen molar-refractivity contribution >= 4 is 5.97 Å². The molecule has 14 heavy (non-hydrogen) atoms. The molecule has 0 aromatic heterocycles. The molecule has 0 aliphatic rings. The number of hydrogen-bond acceptors (Lipinski definition) is 3. The number of carbonyl (C=O) groups is 1. The molecule has 0 N–H and O–H groups in total. The molecule has 0 aromatic carbocycles. The van der Waals surface area contributed by atoms with Crippen LogP contribution >= 0.6 is 0 Å². The monoisotopic (exact) mass is 199 g/mol. The Bertz CT molecular complexity index is 191. The van der Waals surface area contributed by atoms with Crippen LogP contribution < -0.4 is 0 Å². The Balaban J connectivity index is 4.36. The van der Waals surface area contributed by atoms with Crippen molar-refractivity contribution in [3.05, 3.63) is 12.7 Å². The van der Waals surface area contributed by atoms with Gasteiger partial charge in [-0.05, 0) is 34.6 Å². The third-order valence-corrected chi connectivity index (χ3v) is 2.07. The van der Waals surface area contributed by atoms with Crippen molar-refractivity contribution in [3.8, 4) is 0 Å². The fraction of sp³-hybridized carbons (Fsp3) is 0.727. The molecule has 3 nitrogen and oxygen atoms in total. The van der Waals surface area contributed by atoms with Gasteiger partial charge in [0, 0.05) is 18.2 Å². The van der Waals surface area contributed by atoms with Crippen molar-refractivity contribution in [2.24, 2.45) is 0 Å². The molecule has 0 heterocycles. The highest BCUT2D eigenvalue weighted by atomic mass is 16.6. The van der Waals surface area contributed by atoms with Crippen molar-refractivity contribution in [2.75, 3.05) is 0 Å². The Morgan fingerprint density at radius 2 is 1.64 bits per heavy atom. The lowest BCUT2D eigenvalue weighted by atomic mass is 10.2. The number of hydrogen-bond donors (Lipinski definition) is 0. The first kappa shape index (κ1) is 13.2. The minimum Gasteiger partial charge on any atom is -0.443 e. The molecule has 3 heteroatoms. The van der Waals surface area contributed by atoms with E-state index in [4.69, 9.17) is 4.74 Å². The van der Waals surface area contributed by atoms with Crippen molar-refractivity contribution in [1.82, 2.24) is 4.90 Å². The highest BCUT2D eigenvalue weighted by molar-refractivity contribution is 5.81. The van der Waals surface area contributed by atoms with E-state index in [1.165, 1.54) is 6.08 Å². The highest BCUT2D eigenvalue weighted by Gasteiger charge is 2.22. The maximum atomic E-state index is 11.0. The Kier molecular flexibility index (Phi) is 5.46. The van der Waals surface area contributed by atoms with Crippen LogP contribution in [0, 0.1) is 0 Å². The molecule has 0 saturated carbocycles. The van der Waals surface area contributed by atoms with Gasteiger partial charge >= 0.3 is 5.97 Å². The van der Waals surface area contributed by atoms with Crippen molar-refractivity contribution in [1.29, 1.82) is 0 Å². The van der Waals surface area contributed by atoms with E-state index in [-0.39, 0.29) is 12.2 Å². The van der Waals surface area contributed by atoms with E-state index in [1.807, 2.05) is 6.92 Å². The second kappa shape index (κ2) is 5.81. The summed E-state index contributed by atoms with van der Waals surface area (Å²) in [6.07, 6.45) is 0.982. The van der Waals surface area contributed by atoms with Gasteiger partial charge in [0.25, 0.3) is 0 Å². The van der Waals surface area contributed by atoms with E-state index in [0.29, 0.717) is 12.1 Å². The molecule has 1 unspecified atom stereocenters. The first-order chi connectivity index (χ1) is 6.40. The highest BCUT2D eigenvalue weighted by Crippen LogP contribution is 2.11. The van der Waals surface area contributed by atoms with Crippen molar-refractivity contribution in [3.63, 3.8) is 0 Å². The smallest absolute Gasteiger partial charge is 0.331 e. The molecular weight excluding hydrogens is 178 g/mol. The van der Waals surface area contributed by atoms with Crippen LogP contribution in [-0.4, -0.2) is 29.2 Å². The zero-order valence-electron chi connectivity index (χ0n) is 9.78. The number of rotatable bonds is 5. The second-order valence-corrected chi connectivity index (χ2v) is 3.88. The normalized spacial score (nSPS) is 13.4. The van der Waals surface area contributed by atoms with Crippen molar-refractivity contribution < 1.29 is 9.53 Å². The van der Waals surface area contributed by atoms with Gasteiger partial charge < -0.3 is 4.74 Å². The van der Waals surface area contributed by atoms with Crippen LogP contribution in [0.1, 0.15) is 34.6 Å². The number of nitrogens with zero attached hydrogens (tertiary/aromatic N) is 1. The molecule has 1 atom stereocenters. The lowest BCUT2D eigenvalue weighted by molar-refractivity contribution is -0.155. The average molecular weight is 199 g/mol. The predicted octanol–water partition coefficient (Wildman–Crippen LogP) is 2.18. The molecule has 0 amide bonds. The number of carbonyl (C=O) groups excluding carboxylic acids is 1. The van der Waals surface area contributed by atoms with Gasteiger partial charge in [0.1, 0.15) is 0 Å².